The molecule has 2 aromatic rings. The smallest absolute Gasteiger partial charge is 0.332 e. The Morgan fingerprint density at radius 1 is 1.04 bits per heavy atom. The summed E-state index contributed by atoms with van der Waals surface area (Å²) in [7, 11) is 0. The summed E-state index contributed by atoms with van der Waals surface area (Å²) in [5.74, 6) is 0.156. The van der Waals surface area contributed by atoms with Crippen LogP contribution in [0.25, 0.3) is 0 Å². The molecule has 3 rings (SSSR count). The van der Waals surface area contributed by atoms with Crippen LogP contribution in [-0.2, 0) is 14.3 Å². The molecule has 1 unspecified atom stereocenters. The highest BCUT2D eigenvalue weighted by Gasteiger charge is 2.35. The van der Waals surface area contributed by atoms with E-state index in [-0.39, 0.29) is 11.9 Å². The number of ether oxygens (including phenoxy) is 2. The van der Waals surface area contributed by atoms with Crippen LogP contribution in [0.3, 0.4) is 0 Å². The molecule has 6 heteroatoms. The van der Waals surface area contributed by atoms with E-state index in [2.05, 4.69) is 5.32 Å². The van der Waals surface area contributed by atoms with Crippen molar-refractivity contribution in [1.82, 2.24) is 5.32 Å². The van der Waals surface area contributed by atoms with E-state index in [4.69, 9.17) is 14.6 Å². The second kappa shape index (κ2) is 8.01. The number of para-hydroxylation sites is 1. The summed E-state index contributed by atoms with van der Waals surface area (Å²) >= 11 is 0. The number of benzene rings is 2. The molecule has 0 spiro atoms. The van der Waals surface area contributed by atoms with E-state index in [9.17, 15) is 9.59 Å². The number of carbonyl (C=O) groups is 2. The minimum absolute atomic E-state index is 0.222. The van der Waals surface area contributed by atoms with Crippen molar-refractivity contribution < 1.29 is 24.2 Å². The number of nitrogens with one attached hydrogen (secondary N) is 1. The van der Waals surface area contributed by atoms with E-state index >= 15 is 0 Å². The molecule has 1 aliphatic rings. The van der Waals surface area contributed by atoms with Gasteiger partial charge in [0, 0.05) is 0 Å². The number of aliphatic carboxylic acids is 1. The first-order valence-electron chi connectivity index (χ1n) is 8.54. The lowest BCUT2D eigenvalue weighted by molar-refractivity contribution is -0.151. The van der Waals surface area contributed by atoms with Gasteiger partial charge >= 0.3 is 5.97 Å². The van der Waals surface area contributed by atoms with Crippen molar-refractivity contribution in [2.24, 2.45) is 0 Å². The maximum Gasteiger partial charge on any atom is 0.332 e. The van der Waals surface area contributed by atoms with Gasteiger partial charge in [-0.3, -0.25) is 4.79 Å². The first-order chi connectivity index (χ1) is 12.5. The van der Waals surface area contributed by atoms with Crippen LogP contribution in [0, 0.1) is 0 Å². The average molecular weight is 355 g/mol. The van der Waals surface area contributed by atoms with Crippen LogP contribution in [0.2, 0.25) is 0 Å². The van der Waals surface area contributed by atoms with E-state index < -0.39 is 18.2 Å². The maximum absolute atomic E-state index is 12.3. The zero-order chi connectivity index (χ0) is 18.5. The van der Waals surface area contributed by atoms with E-state index in [1.54, 1.807) is 0 Å². The third kappa shape index (κ3) is 4.40. The van der Waals surface area contributed by atoms with Gasteiger partial charge in [0.1, 0.15) is 17.6 Å². The molecule has 0 bridgehead atoms. The first-order valence-corrected chi connectivity index (χ1v) is 8.54. The number of rotatable bonds is 6. The topological polar surface area (TPSA) is 84.9 Å². The highest BCUT2D eigenvalue weighted by Crippen LogP contribution is 2.24. The second-order valence-electron chi connectivity index (χ2n) is 6.24. The van der Waals surface area contributed by atoms with Gasteiger partial charge in [-0.2, -0.15) is 0 Å². The van der Waals surface area contributed by atoms with Crippen molar-refractivity contribution in [2.45, 2.75) is 38.0 Å². The lowest BCUT2D eigenvalue weighted by Gasteiger charge is -2.18. The molecule has 2 aromatic carbocycles. The molecule has 1 heterocycles. The number of amides is 1. The van der Waals surface area contributed by atoms with Gasteiger partial charge in [-0.05, 0) is 49.6 Å². The SMILES string of the molecule is CC(NC(=O)[C@@H]1CC[C@H](C(=O)O)O1)c1ccc(Oc2ccccc2)cc1. The van der Waals surface area contributed by atoms with Crippen LogP contribution in [0.5, 0.6) is 11.5 Å². The van der Waals surface area contributed by atoms with Gasteiger partial charge in [-0.25, -0.2) is 4.79 Å². The van der Waals surface area contributed by atoms with Crippen LogP contribution in [0.4, 0.5) is 0 Å². The number of hydrogen-bond acceptors (Lipinski definition) is 4. The average Bonchev–Trinajstić information content (AvgIpc) is 3.14. The highest BCUT2D eigenvalue weighted by molar-refractivity contribution is 5.83. The molecular weight excluding hydrogens is 334 g/mol. The Morgan fingerprint density at radius 3 is 2.27 bits per heavy atom. The minimum Gasteiger partial charge on any atom is -0.479 e. The summed E-state index contributed by atoms with van der Waals surface area (Å²) in [5.41, 5.74) is 0.923. The molecule has 0 aromatic heterocycles. The zero-order valence-corrected chi connectivity index (χ0v) is 14.4. The Hall–Kier alpha value is -2.86. The third-order valence-electron chi connectivity index (χ3n) is 4.31. The summed E-state index contributed by atoms with van der Waals surface area (Å²) in [6.45, 7) is 1.87. The van der Waals surface area contributed by atoms with Gasteiger partial charge in [0.2, 0.25) is 5.91 Å². The van der Waals surface area contributed by atoms with E-state index in [1.165, 1.54) is 0 Å². The number of carboxylic acid groups (broad SMARTS) is 1. The standard InChI is InChI=1S/C20H21NO5/c1-13(21-19(22)17-11-12-18(26-17)20(23)24)14-7-9-16(10-8-14)25-15-5-3-2-4-6-15/h2-10,13,17-18H,11-12H2,1H3,(H,21,22)(H,23,24)/t13?,17-,18+/m0/s1. The van der Waals surface area contributed by atoms with Crippen LogP contribution < -0.4 is 10.1 Å². The van der Waals surface area contributed by atoms with Gasteiger partial charge in [0.15, 0.2) is 6.10 Å². The van der Waals surface area contributed by atoms with Crippen LogP contribution >= 0.6 is 0 Å². The predicted octanol–water partition coefficient (Wildman–Crippen LogP) is 3.29. The molecule has 1 fully saturated rings. The summed E-state index contributed by atoms with van der Waals surface area (Å²) in [4.78, 5) is 23.2. The van der Waals surface area contributed by atoms with Crippen molar-refractivity contribution in [2.75, 3.05) is 0 Å². The van der Waals surface area contributed by atoms with Crippen molar-refractivity contribution >= 4 is 11.9 Å². The Bertz CT molecular complexity index is 760. The van der Waals surface area contributed by atoms with Crippen LogP contribution in [0.1, 0.15) is 31.4 Å². The summed E-state index contributed by atoms with van der Waals surface area (Å²) in [6, 6.07) is 16.7. The van der Waals surface area contributed by atoms with Crippen LogP contribution in [0.15, 0.2) is 54.6 Å². The molecule has 1 saturated heterocycles. The molecule has 136 valence electrons. The largest absolute Gasteiger partial charge is 0.479 e. The number of carbonyl (C=O) groups excluding carboxylic acids is 1. The minimum atomic E-state index is -1.03. The molecule has 0 radical (unpaired) electrons. The van der Waals surface area contributed by atoms with Gasteiger partial charge in [-0.15, -0.1) is 0 Å². The normalized spacial score (nSPS) is 20.3. The summed E-state index contributed by atoms with van der Waals surface area (Å²) in [5, 5.41) is 11.8. The van der Waals surface area contributed by atoms with E-state index in [0.717, 1.165) is 11.3 Å². The molecule has 6 nitrogen and oxygen atoms in total. The first kappa shape index (κ1) is 17.9. The number of carboxylic acids is 1. The van der Waals surface area contributed by atoms with Crippen molar-refractivity contribution in [1.29, 1.82) is 0 Å². The maximum atomic E-state index is 12.3. The summed E-state index contributed by atoms with van der Waals surface area (Å²) < 4.78 is 11.0. The van der Waals surface area contributed by atoms with Crippen molar-refractivity contribution in [3.05, 3.63) is 60.2 Å². The van der Waals surface area contributed by atoms with E-state index in [0.29, 0.717) is 18.6 Å². The van der Waals surface area contributed by atoms with Crippen LogP contribution in [-0.4, -0.2) is 29.2 Å². The Kier molecular flexibility index (Phi) is 5.53. The quantitative estimate of drug-likeness (QED) is 0.831. The van der Waals surface area contributed by atoms with Crippen molar-refractivity contribution in [3.63, 3.8) is 0 Å². The highest BCUT2D eigenvalue weighted by atomic mass is 16.5. The molecule has 0 aliphatic carbocycles. The molecule has 1 amide bonds. The van der Waals surface area contributed by atoms with Gasteiger partial charge in [-0.1, -0.05) is 30.3 Å². The summed E-state index contributed by atoms with van der Waals surface area (Å²) in [6.07, 6.45) is -0.832. The fourth-order valence-electron chi connectivity index (χ4n) is 2.85. The second-order valence-corrected chi connectivity index (χ2v) is 6.24. The van der Waals surface area contributed by atoms with Gasteiger partial charge in [0.05, 0.1) is 6.04 Å². The fourth-order valence-corrected chi connectivity index (χ4v) is 2.85. The molecule has 3 atom stereocenters. The lowest BCUT2D eigenvalue weighted by atomic mass is 10.1. The zero-order valence-electron chi connectivity index (χ0n) is 14.4. The number of hydrogen-bond donors (Lipinski definition) is 2. The molecule has 26 heavy (non-hydrogen) atoms. The molecule has 0 saturated carbocycles. The molecular formula is C20H21NO5. The Labute approximate surface area is 151 Å². The Morgan fingerprint density at radius 2 is 1.65 bits per heavy atom. The fraction of sp³-hybridized carbons (Fsp3) is 0.300. The predicted molar refractivity (Wildman–Crippen MR) is 95.0 cm³/mol. The van der Waals surface area contributed by atoms with Gasteiger partial charge in [0.25, 0.3) is 0 Å². The van der Waals surface area contributed by atoms with E-state index in [1.807, 2.05) is 61.5 Å². The third-order valence-corrected chi connectivity index (χ3v) is 4.31. The molecule has 2 N–H and O–H groups in total. The lowest BCUT2D eigenvalue weighted by Crippen LogP contribution is -2.37. The van der Waals surface area contributed by atoms with Crippen molar-refractivity contribution in [3.8, 4) is 11.5 Å². The van der Waals surface area contributed by atoms with Gasteiger partial charge < -0.3 is 19.9 Å². The monoisotopic (exact) mass is 355 g/mol. The molecule has 1 aliphatic heterocycles. The Balaban J connectivity index is 1.55.